The zero-order valence-corrected chi connectivity index (χ0v) is 10.5. The van der Waals surface area contributed by atoms with Gasteiger partial charge in [0.15, 0.2) is 0 Å². The lowest BCUT2D eigenvalue weighted by Gasteiger charge is -2.29. The first-order valence-electron chi connectivity index (χ1n) is 5.70. The van der Waals surface area contributed by atoms with Crippen molar-refractivity contribution in [1.29, 1.82) is 0 Å². The lowest BCUT2D eigenvalue weighted by atomic mass is 10.2. The molecule has 94 valence electrons. The molecule has 1 aliphatic rings. The van der Waals surface area contributed by atoms with Crippen LogP contribution in [0.1, 0.15) is 27.7 Å². The average molecular weight is 230 g/mol. The molecule has 1 fully saturated rings. The Balaban J connectivity index is 2.21. The molecule has 5 nitrogen and oxygen atoms in total. The highest BCUT2D eigenvalue weighted by Crippen LogP contribution is 2.07. The van der Waals surface area contributed by atoms with Gasteiger partial charge in [0, 0.05) is 19.6 Å². The highest BCUT2D eigenvalue weighted by molar-refractivity contribution is 5.67. The van der Waals surface area contributed by atoms with Gasteiger partial charge < -0.3 is 20.1 Å². The summed E-state index contributed by atoms with van der Waals surface area (Å²) >= 11 is 0. The van der Waals surface area contributed by atoms with Gasteiger partial charge in [0.25, 0.3) is 0 Å². The van der Waals surface area contributed by atoms with Crippen LogP contribution in [0.15, 0.2) is 0 Å². The minimum absolute atomic E-state index is 0.0243. The molecule has 0 radical (unpaired) electrons. The van der Waals surface area contributed by atoms with Crippen molar-refractivity contribution >= 4 is 6.09 Å². The Hall–Kier alpha value is -0.810. The van der Waals surface area contributed by atoms with Gasteiger partial charge in [-0.25, -0.2) is 4.79 Å². The van der Waals surface area contributed by atoms with Crippen LogP contribution in [-0.4, -0.2) is 43.5 Å². The summed E-state index contributed by atoms with van der Waals surface area (Å²) in [5.74, 6) is 0. The van der Waals surface area contributed by atoms with Crippen molar-refractivity contribution in [3.63, 3.8) is 0 Å². The van der Waals surface area contributed by atoms with Gasteiger partial charge in [0.2, 0.25) is 0 Å². The Morgan fingerprint density at radius 1 is 1.50 bits per heavy atom. The van der Waals surface area contributed by atoms with Crippen molar-refractivity contribution in [2.24, 2.45) is 0 Å². The number of morpholine rings is 1. The molecule has 0 aliphatic carbocycles. The Morgan fingerprint density at radius 3 is 2.75 bits per heavy atom. The van der Waals surface area contributed by atoms with E-state index in [1.54, 1.807) is 0 Å². The number of hydrogen-bond donors (Lipinski definition) is 2. The minimum Gasteiger partial charge on any atom is -0.444 e. The average Bonchev–Trinajstić information content (AvgIpc) is 2.12. The zero-order valence-electron chi connectivity index (χ0n) is 10.5. The van der Waals surface area contributed by atoms with E-state index in [-0.39, 0.29) is 12.2 Å². The van der Waals surface area contributed by atoms with Crippen molar-refractivity contribution < 1.29 is 14.3 Å². The van der Waals surface area contributed by atoms with Crippen molar-refractivity contribution in [1.82, 2.24) is 10.6 Å². The number of nitrogens with one attached hydrogen (secondary N) is 2. The largest absolute Gasteiger partial charge is 0.444 e. The molecule has 2 N–H and O–H groups in total. The van der Waals surface area contributed by atoms with E-state index in [0.29, 0.717) is 6.54 Å². The van der Waals surface area contributed by atoms with E-state index in [2.05, 4.69) is 10.6 Å². The number of hydrogen-bond acceptors (Lipinski definition) is 4. The van der Waals surface area contributed by atoms with E-state index in [1.165, 1.54) is 0 Å². The molecule has 1 rings (SSSR count). The van der Waals surface area contributed by atoms with Crippen LogP contribution >= 0.6 is 0 Å². The van der Waals surface area contributed by atoms with E-state index in [0.717, 1.165) is 13.1 Å². The second-order valence-electron chi connectivity index (χ2n) is 5.11. The second kappa shape index (κ2) is 5.50. The molecule has 0 aromatic heterocycles. The van der Waals surface area contributed by atoms with Crippen LogP contribution in [0.3, 0.4) is 0 Å². The maximum atomic E-state index is 11.4. The number of amides is 1. The summed E-state index contributed by atoms with van der Waals surface area (Å²) in [5.41, 5.74) is -0.455. The SMILES string of the molecule is C[C@@H]1CNCC(CNC(=O)OC(C)(C)C)O1. The van der Waals surface area contributed by atoms with Gasteiger partial charge in [-0.2, -0.15) is 0 Å². The predicted octanol–water partition coefficient (Wildman–Crippen LogP) is 0.888. The van der Waals surface area contributed by atoms with Crippen molar-refractivity contribution in [3.05, 3.63) is 0 Å². The van der Waals surface area contributed by atoms with Gasteiger partial charge in [0.1, 0.15) is 5.60 Å². The third-order valence-electron chi connectivity index (χ3n) is 2.10. The van der Waals surface area contributed by atoms with Crippen LogP contribution < -0.4 is 10.6 Å². The highest BCUT2D eigenvalue weighted by Gasteiger charge is 2.21. The number of alkyl carbamates (subject to hydrolysis) is 1. The first-order chi connectivity index (χ1) is 7.37. The second-order valence-corrected chi connectivity index (χ2v) is 5.11. The molecule has 0 aromatic carbocycles. The zero-order chi connectivity index (χ0) is 12.2. The molecular formula is C11H22N2O3. The van der Waals surface area contributed by atoms with Gasteiger partial charge >= 0.3 is 6.09 Å². The van der Waals surface area contributed by atoms with Crippen molar-refractivity contribution in [2.45, 2.75) is 45.5 Å². The first kappa shape index (κ1) is 13.3. The molecular weight excluding hydrogens is 208 g/mol. The van der Waals surface area contributed by atoms with Gasteiger partial charge in [-0.3, -0.25) is 0 Å². The molecule has 0 spiro atoms. The molecule has 16 heavy (non-hydrogen) atoms. The van der Waals surface area contributed by atoms with E-state index in [1.807, 2.05) is 27.7 Å². The summed E-state index contributed by atoms with van der Waals surface area (Å²) in [6, 6.07) is 0. The first-order valence-corrected chi connectivity index (χ1v) is 5.70. The summed E-state index contributed by atoms with van der Waals surface area (Å²) in [4.78, 5) is 11.4. The monoisotopic (exact) mass is 230 g/mol. The smallest absolute Gasteiger partial charge is 0.407 e. The fourth-order valence-electron chi connectivity index (χ4n) is 1.50. The summed E-state index contributed by atoms with van der Waals surface area (Å²) in [5, 5.41) is 5.94. The van der Waals surface area contributed by atoms with E-state index in [4.69, 9.17) is 9.47 Å². The van der Waals surface area contributed by atoms with Crippen LogP contribution in [0.2, 0.25) is 0 Å². The summed E-state index contributed by atoms with van der Waals surface area (Å²) in [7, 11) is 0. The molecule has 0 saturated carbocycles. The fourth-order valence-corrected chi connectivity index (χ4v) is 1.50. The number of ether oxygens (including phenoxy) is 2. The third kappa shape index (κ3) is 5.32. The van der Waals surface area contributed by atoms with Crippen LogP contribution in [0, 0.1) is 0 Å². The van der Waals surface area contributed by atoms with Crippen LogP contribution in [0.5, 0.6) is 0 Å². The summed E-state index contributed by atoms with van der Waals surface area (Å²) in [6.07, 6.45) is -0.176. The van der Waals surface area contributed by atoms with E-state index < -0.39 is 11.7 Å². The standard InChI is InChI=1S/C11H22N2O3/c1-8-5-12-6-9(15-8)7-13-10(14)16-11(2,3)4/h8-9,12H,5-7H2,1-4H3,(H,13,14)/t8-,9?/m1/s1. The normalized spacial score (nSPS) is 26.2. The predicted molar refractivity (Wildman–Crippen MR) is 61.4 cm³/mol. The lowest BCUT2D eigenvalue weighted by Crippen LogP contribution is -2.49. The maximum absolute atomic E-state index is 11.4. The quantitative estimate of drug-likeness (QED) is 0.739. The molecule has 2 atom stereocenters. The number of carbonyl (C=O) groups excluding carboxylic acids is 1. The Bertz CT molecular complexity index is 238. The molecule has 0 bridgehead atoms. The molecule has 1 unspecified atom stereocenters. The minimum atomic E-state index is -0.455. The Morgan fingerprint density at radius 2 is 2.19 bits per heavy atom. The van der Waals surface area contributed by atoms with Gasteiger partial charge in [0.05, 0.1) is 12.2 Å². The highest BCUT2D eigenvalue weighted by atomic mass is 16.6. The van der Waals surface area contributed by atoms with Gasteiger partial charge in [-0.1, -0.05) is 0 Å². The van der Waals surface area contributed by atoms with Crippen molar-refractivity contribution in [3.8, 4) is 0 Å². The van der Waals surface area contributed by atoms with Crippen LogP contribution in [-0.2, 0) is 9.47 Å². The fraction of sp³-hybridized carbons (Fsp3) is 0.909. The third-order valence-corrected chi connectivity index (χ3v) is 2.10. The van der Waals surface area contributed by atoms with Crippen molar-refractivity contribution in [2.75, 3.05) is 19.6 Å². The molecule has 1 saturated heterocycles. The molecule has 5 heteroatoms. The molecule has 0 aromatic rings. The van der Waals surface area contributed by atoms with E-state index >= 15 is 0 Å². The Labute approximate surface area is 96.9 Å². The Kier molecular flexibility index (Phi) is 4.56. The topological polar surface area (TPSA) is 59.6 Å². The maximum Gasteiger partial charge on any atom is 0.407 e. The number of carbonyl (C=O) groups is 1. The van der Waals surface area contributed by atoms with Crippen LogP contribution in [0.25, 0.3) is 0 Å². The summed E-state index contributed by atoms with van der Waals surface area (Å²) in [6.45, 7) is 9.63. The van der Waals surface area contributed by atoms with Gasteiger partial charge in [-0.15, -0.1) is 0 Å². The molecule has 1 heterocycles. The lowest BCUT2D eigenvalue weighted by molar-refractivity contribution is -0.0273. The molecule has 1 aliphatic heterocycles. The summed E-state index contributed by atoms with van der Waals surface area (Å²) < 4.78 is 10.8. The number of rotatable bonds is 2. The molecule has 1 amide bonds. The van der Waals surface area contributed by atoms with Crippen LogP contribution in [0.4, 0.5) is 4.79 Å². The van der Waals surface area contributed by atoms with Gasteiger partial charge in [-0.05, 0) is 27.7 Å². The van der Waals surface area contributed by atoms with E-state index in [9.17, 15) is 4.79 Å².